The number of carbonyl (C=O) groups excluding carboxylic acids is 1. The number of ether oxygens (including phenoxy) is 1. The van der Waals surface area contributed by atoms with Crippen LogP contribution in [0.4, 0.5) is 10.1 Å². The molecule has 1 atom stereocenters. The van der Waals surface area contributed by atoms with Crippen LogP contribution in [0.1, 0.15) is 6.92 Å². The van der Waals surface area contributed by atoms with Crippen molar-refractivity contribution in [2.75, 3.05) is 5.32 Å². The van der Waals surface area contributed by atoms with E-state index in [-0.39, 0.29) is 11.7 Å². The van der Waals surface area contributed by atoms with E-state index in [0.29, 0.717) is 11.4 Å². The number of carbonyl (C=O) groups is 1. The molecule has 0 aliphatic heterocycles. The number of hydrogen-bond acceptors (Lipinski definition) is 2. The first-order chi connectivity index (χ1) is 11.1. The maximum atomic E-state index is 12.9. The summed E-state index contributed by atoms with van der Waals surface area (Å²) in [6.07, 6.45) is -0.688. The summed E-state index contributed by atoms with van der Waals surface area (Å²) in [5.74, 6) is -0.150. The van der Waals surface area contributed by atoms with Crippen molar-refractivity contribution in [1.29, 1.82) is 0 Å². The number of nitrogens with one attached hydrogen (secondary N) is 1. The number of anilines is 1. The van der Waals surface area contributed by atoms with E-state index in [4.69, 9.17) is 4.74 Å². The topological polar surface area (TPSA) is 38.3 Å². The van der Waals surface area contributed by atoms with E-state index in [9.17, 15) is 9.18 Å². The van der Waals surface area contributed by atoms with Crippen LogP contribution < -0.4 is 10.1 Å². The first kappa shape index (κ1) is 15.0. The van der Waals surface area contributed by atoms with E-state index in [2.05, 4.69) is 5.32 Å². The van der Waals surface area contributed by atoms with Gasteiger partial charge in [-0.15, -0.1) is 0 Å². The number of rotatable bonds is 4. The van der Waals surface area contributed by atoms with Crippen LogP contribution in [-0.2, 0) is 4.79 Å². The maximum Gasteiger partial charge on any atom is 0.265 e. The lowest BCUT2D eigenvalue weighted by Gasteiger charge is -2.15. The lowest BCUT2D eigenvalue weighted by molar-refractivity contribution is -0.122. The van der Waals surface area contributed by atoms with Crippen LogP contribution in [0.3, 0.4) is 0 Å². The standard InChI is InChI=1S/C19H16FNO2/c1-13(23-18-10-7-16(20)8-11-18)19(22)21-17-9-6-14-4-2-3-5-15(14)12-17/h2-13H,1H3,(H,21,22)/t13-/m0/s1. The fraction of sp³-hybridized carbons (Fsp3) is 0.105. The van der Waals surface area contributed by atoms with Gasteiger partial charge < -0.3 is 10.1 Å². The van der Waals surface area contributed by atoms with Crippen LogP contribution >= 0.6 is 0 Å². The van der Waals surface area contributed by atoms with Crippen molar-refractivity contribution in [3.05, 3.63) is 72.5 Å². The zero-order valence-corrected chi connectivity index (χ0v) is 12.6. The van der Waals surface area contributed by atoms with Gasteiger partial charge in [0.15, 0.2) is 6.10 Å². The van der Waals surface area contributed by atoms with Crippen molar-refractivity contribution in [3.8, 4) is 5.75 Å². The fourth-order valence-corrected chi connectivity index (χ4v) is 2.28. The van der Waals surface area contributed by atoms with Crippen LogP contribution in [0.15, 0.2) is 66.7 Å². The molecule has 4 heteroatoms. The minimum Gasteiger partial charge on any atom is -0.481 e. The molecular weight excluding hydrogens is 293 g/mol. The van der Waals surface area contributed by atoms with Crippen LogP contribution in [0.2, 0.25) is 0 Å². The Bertz CT molecular complexity index is 830. The summed E-state index contributed by atoms with van der Waals surface area (Å²) in [5.41, 5.74) is 0.711. The highest BCUT2D eigenvalue weighted by Crippen LogP contribution is 2.19. The molecule has 0 radical (unpaired) electrons. The fourth-order valence-electron chi connectivity index (χ4n) is 2.28. The Kier molecular flexibility index (Phi) is 4.24. The van der Waals surface area contributed by atoms with Crippen molar-refractivity contribution >= 4 is 22.4 Å². The van der Waals surface area contributed by atoms with Gasteiger partial charge in [-0.25, -0.2) is 4.39 Å². The highest BCUT2D eigenvalue weighted by Gasteiger charge is 2.15. The SMILES string of the molecule is C[C@H](Oc1ccc(F)cc1)C(=O)Nc1ccc2ccccc2c1. The Hall–Kier alpha value is -2.88. The van der Waals surface area contributed by atoms with E-state index in [1.54, 1.807) is 6.92 Å². The predicted octanol–water partition coefficient (Wildman–Crippen LogP) is 4.38. The highest BCUT2D eigenvalue weighted by atomic mass is 19.1. The predicted molar refractivity (Wildman–Crippen MR) is 89.1 cm³/mol. The summed E-state index contributed by atoms with van der Waals surface area (Å²) in [7, 11) is 0. The van der Waals surface area contributed by atoms with Gasteiger partial charge in [-0.2, -0.15) is 0 Å². The second kappa shape index (κ2) is 6.48. The molecule has 0 heterocycles. The number of benzene rings is 3. The molecule has 0 saturated carbocycles. The normalized spacial score (nSPS) is 11.9. The lowest BCUT2D eigenvalue weighted by Crippen LogP contribution is -2.30. The van der Waals surface area contributed by atoms with E-state index in [0.717, 1.165) is 10.8 Å². The van der Waals surface area contributed by atoms with Gasteiger partial charge in [0.05, 0.1) is 0 Å². The summed E-state index contributed by atoms with van der Waals surface area (Å²) in [6, 6.07) is 19.2. The molecular formula is C19H16FNO2. The molecule has 0 aliphatic carbocycles. The van der Waals surface area contributed by atoms with Crippen LogP contribution in [-0.4, -0.2) is 12.0 Å². The Morgan fingerprint density at radius 2 is 1.70 bits per heavy atom. The van der Waals surface area contributed by atoms with Crippen molar-refractivity contribution in [3.63, 3.8) is 0 Å². The second-order valence-corrected chi connectivity index (χ2v) is 5.27. The maximum absolute atomic E-state index is 12.9. The molecule has 0 fully saturated rings. The lowest BCUT2D eigenvalue weighted by atomic mass is 10.1. The van der Waals surface area contributed by atoms with Crippen LogP contribution in [0.5, 0.6) is 5.75 Å². The largest absolute Gasteiger partial charge is 0.481 e. The van der Waals surface area contributed by atoms with Crippen molar-refractivity contribution in [2.24, 2.45) is 0 Å². The monoisotopic (exact) mass is 309 g/mol. The molecule has 23 heavy (non-hydrogen) atoms. The van der Waals surface area contributed by atoms with Gasteiger partial charge in [0, 0.05) is 5.69 Å². The highest BCUT2D eigenvalue weighted by molar-refractivity contribution is 5.96. The quantitative estimate of drug-likeness (QED) is 0.776. The molecule has 0 spiro atoms. The van der Waals surface area contributed by atoms with E-state index in [1.165, 1.54) is 24.3 Å². The first-order valence-electron chi connectivity index (χ1n) is 7.34. The number of hydrogen-bond donors (Lipinski definition) is 1. The Labute approximate surface area is 133 Å². The Morgan fingerprint density at radius 1 is 1.00 bits per heavy atom. The van der Waals surface area contributed by atoms with Crippen molar-refractivity contribution in [1.82, 2.24) is 0 Å². The zero-order valence-electron chi connectivity index (χ0n) is 12.6. The van der Waals surface area contributed by atoms with Crippen molar-refractivity contribution in [2.45, 2.75) is 13.0 Å². The number of amides is 1. The number of fused-ring (bicyclic) bond motifs is 1. The number of halogens is 1. The third kappa shape index (κ3) is 3.66. The Balaban J connectivity index is 1.68. The minimum absolute atomic E-state index is 0.260. The van der Waals surface area contributed by atoms with E-state index >= 15 is 0 Å². The molecule has 116 valence electrons. The molecule has 3 nitrogen and oxygen atoms in total. The third-order valence-electron chi connectivity index (χ3n) is 3.51. The first-order valence-corrected chi connectivity index (χ1v) is 7.34. The van der Waals surface area contributed by atoms with Gasteiger partial charge in [0.1, 0.15) is 11.6 Å². The third-order valence-corrected chi connectivity index (χ3v) is 3.51. The minimum atomic E-state index is -0.688. The van der Waals surface area contributed by atoms with E-state index < -0.39 is 6.10 Å². The van der Waals surface area contributed by atoms with Gasteiger partial charge in [-0.3, -0.25) is 4.79 Å². The summed E-state index contributed by atoms with van der Waals surface area (Å²) in [5, 5.41) is 4.99. The molecule has 0 unspecified atom stereocenters. The van der Waals surface area contributed by atoms with Gasteiger partial charge in [-0.05, 0) is 54.1 Å². The summed E-state index contributed by atoms with van der Waals surface area (Å²) >= 11 is 0. The molecule has 0 aliphatic rings. The van der Waals surface area contributed by atoms with Crippen LogP contribution in [0.25, 0.3) is 10.8 Å². The molecule has 0 aromatic heterocycles. The summed E-state index contributed by atoms with van der Waals surface area (Å²) in [4.78, 5) is 12.2. The van der Waals surface area contributed by atoms with E-state index in [1.807, 2.05) is 42.5 Å². The van der Waals surface area contributed by atoms with Crippen LogP contribution in [0, 0.1) is 5.82 Å². The molecule has 1 N–H and O–H groups in total. The van der Waals surface area contributed by atoms with Gasteiger partial charge in [-0.1, -0.05) is 30.3 Å². The van der Waals surface area contributed by atoms with Gasteiger partial charge in [0.2, 0.25) is 0 Å². The smallest absolute Gasteiger partial charge is 0.265 e. The second-order valence-electron chi connectivity index (χ2n) is 5.27. The zero-order chi connectivity index (χ0) is 16.2. The van der Waals surface area contributed by atoms with Crippen molar-refractivity contribution < 1.29 is 13.9 Å². The summed E-state index contributed by atoms with van der Waals surface area (Å²) < 4.78 is 18.4. The molecule has 0 bridgehead atoms. The average Bonchev–Trinajstić information content (AvgIpc) is 2.56. The molecule has 3 aromatic rings. The summed E-state index contributed by atoms with van der Waals surface area (Å²) in [6.45, 7) is 1.65. The molecule has 3 rings (SSSR count). The molecule has 3 aromatic carbocycles. The van der Waals surface area contributed by atoms with Gasteiger partial charge >= 0.3 is 0 Å². The molecule has 1 amide bonds. The average molecular weight is 309 g/mol. The Morgan fingerprint density at radius 3 is 2.43 bits per heavy atom. The van der Waals surface area contributed by atoms with Gasteiger partial charge in [0.25, 0.3) is 5.91 Å². The molecule has 0 saturated heterocycles.